The summed E-state index contributed by atoms with van der Waals surface area (Å²) >= 11 is 0. The molecule has 1 saturated carbocycles. The zero-order chi connectivity index (χ0) is 12.1. The van der Waals surface area contributed by atoms with Crippen LogP contribution in [0.5, 0.6) is 0 Å². The van der Waals surface area contributed by atoms with E-state index >= 15 is 0 Å². The van der Waals surface area contributed by atoms with Crippen molar-refractivity contribution in [2.45, 2.75) is 50.5 Å². The van der Waals surface area contributed by atoms with Gasteiger partial charge in [-0.25, -0.2) is 0 Å². The molecule has 2 fully saturated rings. The lowest BCUT2D eigenvalue weighted by atomic mass is 9.80. The smallest absolute Gasteiger partial charge is 0.0506 e. The maximum absolute atomic E-state index is 6.07. The Balaban J connectivity index is 1.89. The van der Waals surface area contributed by atoms with Crippen LogP contribution in [0.1, 0.15) is 44.9 Å². The fourth-order valence-electron chi connectivity index (χ4n) is 3.48. The summed E-state index contributed by atoms with van der Waals surface area (Å²) in [5, 5.41) is 0. The van der Waals surface area contributed by atoms with Crippen molar-refractivity contribution in [1.82, 2.24) is 4.90 Å². The molecule has 0 aromatic heterocycles. The average molecular weight is 240 g/mol. The normalized spacial score (nSPS) is 29.5. The van der Waals surface area contributed by atoms with Gasteiger partial charge in [-0.2, -0.15) is 0 Å². The molecule has 2 rings (SSSR count). The summed E-state index contributed by atoms with van der Waals surface area (Å²) in [7, 11) is 2.27. The van der Waals surface area contributed by atoms with Gasteiger partial charge in [-0.15, -0.1) is 0 Å². The first-order valence-electron chi connectivity index (χ1n) is 7.26. The van der Waals surface area contributed by atoms with Crippen LogP contribution in [0, 0.1) is 5.92 Å². The lowest BCUT2D eigenvalue weighted by Gasteiger charge is -2.45. The second kappa shape index (κ2) is 6.17. The van der Waals surface area contributed by atoms with Gasteiger partial charge >= 0.3 is 0 Å². The van der Waals surface area contributed by atoms with E-state index in [0.717, 1.165) is 32.2 Å². The molecule has 0 aromatic carbocycles. The number of hydrogen-bond donors (Lipinski definition) is 1. The Morgan fingerprint density at radius 1 is 1.24 bits per heavy atom. The molecule has 2 N–H and O–H groups in total. The predicted molar refractivity (Wildman–Crippen MR) is 71.0 cm³/mol. The van der Waals surface area contributed by atoms with E-state index in [4.69, 9.17) is 10.5 Å². The van der Waals surface area contributed by atoms with Gasteiger partial charge in [-0.1, -0.05) is 19.3 Å². The third-order valence-electron chi connectivity index (χ3n) is 4.76. The van der Waals surface area contributed by atoms with Crippen LogP contribution in [0.15, 0.2) is 0 Å². The Labute approximate surface area is 106 Å². The van der Waals surface area contributed by atoms with Crippen molar-refractivity contribution in [1.29, 1.82) is 0 Å². The van der Waals surface area contributed by atoms with Crippen LogP contribution < -0.4 is 5.73 Å². The number of likely N-dealkylation sites (N-methyl/N-ethyl adjacent to an activating group) is 1. The molecule has 1 atom stereocenters. The van der Waals surface area contributed by atoms with Crippen molar-refractivity contribution in [2.24, 2.45) is 11.7 Å². The highest BCUT2D eigenvalue weighted by molar-refractivity contribution is 4.93. The first-order valence-corrected chi connectivity index (χ1v) is 7.26. The van der Waals surface area contributed by atoms with Gasteiger partial charge in [0.05, 0.1) is 6.61 Å². The zero-order valence-corrected chi connectivity index (χ0v) is 11.3. The topological polar surface area (TPSA) is 38.5 Å². The summed E-state index contributed by atoms with van der Waals surface area (Å²) in [6, 6.07) is 0. The minimum absolute atomic E-state index is 0.287. The van der Waals surface area contributed by atoms with Crippen LogP contribution in [-0.4, -0.2) is 43.8 Å². The largest absolute Gasteiger partial charge is 0.381 e. The quantitative estimate of drug-likeness (QED) is 0.817. The predicted octanol–water partition coefficient (Wildman–Crippen LogP) is 2.01. The Hall–Kier alpha value is -0.120. The van der Waals surface area contributed by atoms with Crippen molar-refractivity contribution in [3.63, 3.8) is 0 Å². The van der Waals surface area contributed by atoms with Gasteiger partial charge in [0.15, 0.2) is 0 Å². The summed E-state index contributed by atoms with van der Waals surface area (Å²) in [5.74, 6) is 0.721. The van der Waals surface area contributed by atoms with Crippen LogP contribution in [0.25, 0.3) is 0 Å². The van der Waals surface area contributed by atoms with Crippen molar-refractivity contribution in [2.75, 3.05) is 33.4 Å². The first-order chi connectivity index (χ1) is 8.27. The summed E-state index contributed by atoms with van der Waals surface area (Å²) in [6.07, 6.45) is 9.22. The summed E-state index contributed by atoms with van der Waals surface area (Å²) in [6.45, 7) is 3.89. The number of rotatable bonds is 4. The molecule has 17 heavy (non-hydrogen) atoms. The highest BCUT2D eigenvalue weighted by Crippen LogP contribution is 2.33. The minimum atomic E-state index is 0.287. The van der Waals surface area contributed by atoms with Crippen LogP contribution >= 0.6 is 0 Å². The second-order valence-electron chi connectivity index (χ2n) is 5.95. The van der Waals surface area contributed by atoms with Gasteiger partial charge in [0, 0.05) is 25.2 Å². The molecular weight excluding hydrogens is 212 g/mol. The van der Waals surface area contributed by atoms with E-state index in [1.807, 2.05) is 0 Å². The highest BCUT2D eigenvalue weighted by Gasteiger charge is 2.35. The fourth-order valence-corrected chi connectivity index (χ4v) is 3.48. The van der Waals surface area contributed by atoms with E-state index in [1.54, 1.807) is 0 Å². The van der Waals surface area contributed by atoms with E-state index < -0.39 is 0 Å². The van der Waals surface area contributed by atoms with E-state index in [9.17, 15) is 0 Å². The molecule has 3 heteroatoms. The maximum Gasteiger partial charge on any atom is 0.0506 e. The molecule has 0 aromatic rings. The number of nitrogens with two attached hydrogens (primary N) is 1. The van der Waals surface area contributed by atoms with Crippen molar-refractivity contribution >= 4 is 0 Å². The fraction of sp³-hybridized carbons (Fsp3) is 1.00. The molecule has 0 spiro atoms. The first kappa shape index (κ1) is 13.3. The summed E-state index contributed by atoms with van der Waals surface area (Å²) in [5.41, 5.74) is 6.36. The molecule has 0 amide bonds. The molecule has 1 aliphatic heterocycles. The van der Waals surface area contributed by atoms with Crippen LogP contribution in [0.3, 0.4) is 0 Å². The number of hydrogen-bond acceptors (Lipinski definition) is 3. The molecule has 1 unspecified atom stereocenters. The van der Waals surface area contributed by atoms with Gasteiger partial charge in [-0.3, -0.25) is 4.90 Å². The average Bonchev–Trinajstić information content (AvgIpc) is 2.40. The Kier molecular flexibility index (Phi) is 4.83. The van der Waals surface area contributed by atoms with Gasteiger partial charge < -0.3 is 10.5 Å². The van der Waals surface area contributed by atoms with E-state index in [2.05, 4.69) is 11.9 Å². The lowest BCUT2D eigenvalue weighted by molar-refractivity contribution is 0.0103. The highest BCUT2D eigenvalue weighted by atomic mass is 16.5. The van der Waals surface area contributed by atoms with Crippen LogP contribution in [0.4, 0.5) is 0 Å². The Morgan fingerprint density at radius 3 is 2.59 bits per heavy atom. The molecular formula is C14H28N2O. The Bertz CT molecular complexity index is 220. The molecule has 1 saturated heterocycles. The van der Waals surface area contributed by atoms with E-state index in [1.165, 1.54) is 44.9 Å². The number of nitrogens with zero attached hydrogens (tertiary/aromatic N) is 1. The second-order valence-corrected chi connectivity index (χ2v) is 5.95. The summed E-state index contributed by atoms with van der Waals surface area (Å²) in [4.78, 5) is 2.55. The van der Waals surface area contributed by atoms with Crippen molar-refractivity contribution in [3.8, 4) is 0 Å². The van der Waals surface area contributed by atoms with E-state index in [0.29, 0.717) is 0 Å². The molecule has 0 bridgehead atoms. The molecule has 1 heterocycles. The maximum atomic E-state index is 6.07. The molecule has 0 radical (unpaired) electrons. The monoisotopic (exact) mass is 240 g/mol. The van der Waals surface area contributed by atoms with Gasteiger partial charge in [0.1, 0.15) is 0 Å². The van der Waals surface area contributed by atoms with Crippen molar-refractivity contribution < 1.29 is 4.74 Å². The third-order valence-corrected chi connectivity index (χ3v) is 4.76. The molecule has 3 nitrogen and oxygen atoms in total. The standard InChI is InChI=1S/C14H28N2O/c1-16(10-13-6-5-9-17-11-13)14(12-15)7-3-2-4-8-14/h13H,2-12,15H2,1H3. The van der Waals surface area contributed by atoms with E-state index in [-0.39, 0.29) is 5.54 Å². The van der Waals surface area contributed by atoms with Crippen molar-refractivity contribution in [3.05, 3.63) is 0 Å². The van der Waals surface area contributed by atoms with Gasteiger partial charge in [0.2, 0.25) is 0 Å². The molecule has 2 aliphatic rings. The lowest BCUT2D eigenvalue weighted by Crippen LogP contribution is -2.54. The SMILES string of the molecule is CN(CC1CCCOC1)C1(CN)CCCCC1. The van der Waals surface area contributed by atoms with Gasteiger partial charge in [-0.05, 0) is 38.6 Å². The third kappa shape index (κ3) is 3.21. The summed E-state index contributed by atoms with van der Waals surface area (Å²) < 4.78 is 5.58. The van der Waals surface area contributed by atoms with Crippen LogP contribution in [-0.2, 0) is 4.74 Å². The van der Waals surface area contributed by atoms with Gasteiger partial charge in [0.25, 0.3) is 0 Å². The zero-order valence-electron chi connectivity index (χ0n) is 11.3. The number of ether oxygens (including phenoxy) is 1. The minimum Gasteiger partial charge on any atom is -0.381 e. The molecule has 1 aliphatic carbocycles. The van der Waals surface area contributed by atoms with Crippen LogP contribution in [0.2, 0.25) is 0 Å². The molecule has 100 valence electrons. The Morgan fingerprint density at radius 2 is 2.00 bits per heavy atom.